The smallest absolute Gasteiger partial charge is 0.303 e. The summed E-state index contributed by atoms with van der Waals surface area (Å²) in [5, 5.41) is 18.2. The molecule has 146 valence electrons. The van der Waals surface area contributed by atoms with Gasteiger partial charge in [0.25, 0.3) is 0 Å². The molecule has 1 aliphatic rings. The Hall–Kier alpha value is -1.23. The summed E-state index contributed by atoms with van der Waals surface area (Å²) < 4.78 is 5.71. The van der Waals surface area contributed by atoms with E-state index in [-0.39, 0.29) is 13.0 Å². The number of rotatable bonds is 8. The number of halogens is 2. The Balaban J connectivity index is 0.000000321. The largest absolute Gasteiger partial charge is 0.493 e. The van der Waals surface area contributed by atoms with Crippen LogP contribution in [-0.2, 0) is 11.4 Å². The average molecular weight is 403 g/mol. The Morgan fingerprint density at radius 1 is 1.35 bits per heavy atom. The van der Waals surface area contributed by atoms with E-state index in [4.69, 9.17) is 38.2 Å². The fraction of sp³-hybridized carbons (Fsp3) is 0.550. The molecule has 0 aliphatic heterocycles. The van der Waals surface area contributed by atoms with Crippen molar-refractivity contribution in [1.29, 1.82) is 0 Å². The van der Waals surface area contributed by atoms with Gasteiger partial charge < -0.3 is 14.9 Å². The van der Waals surface area contributed by atoms with Crippen LogP contribution in [-0.4, -0.2) is 28.2 Å². The molecule has 0 spiro atoms. The second kappa shape index (κ2) is 13.0. The fourth-order valence-electron chi connectivity index (χ4n) is 2.71. The summed E-state index contributed by atoms with van der Waals surface area (Å²) in [7, 11) is 0. The van der Waals surface area contributed by atoms with Crippen molar-refractivity contribution in [3.63, 3.8) is 0 Å². The van der Waals surface area contributed by atoms with E-state index in [9.17, 15) is 4.79 Å². The van der Waals surface area contributed by atoms with E-state index < -0.39 is 5.97 Å². The lowest BCUT2D eigenvalue weighted by Crippen LogP contribution is -2.09. The molecule has 2 rings (SSSR count). The number of aliphatic hydroxyl groups excluding tert-OH is 1. The average Bonchev–Trinajstić information content (AvgIpc) is 3.02. The predicted molar refractivity (Wildman–Crippen MR) is 106 cm³/mol. The van der Waals surface area contributed by atoms with Gasteiger partial charge in [-0.3, -0.25) is 4.79 Å². The number of hydrogen-bond acceptors (Lipinski definition) is 3. The summed E-state index contributed by atoms with van der Waals surface area (Å²) >= 11 is 12.0. The van der Waals surface area contributed by atoms with Gasteiger partial charge in [-0.2, -0.15) is 0 Å². The molecule has 26 heavy (non-hydrogen) atoms. The number of hydrogen-bond donors (Lipinski definition) is 2. The molecule has 0 heterocycles. The van der Waals surface area contributed by atoms with Crippen molar-refractivity contribution in [3.8, 4) is 5.75 Å². The maximum Gasteiger partial charge on any atom is 0.303 e. The van der Waals surface area contributed by atoms with Crippen LogP contribution in [0.25, 0.3) is 0 Å². The van der Waals surface area contributed by atoms with Gasteiger partial charge in [0.1, 0.15) is 5.75 Å². The molecule has 1 aliphatic carbocycles. The lowest BCUT2D eigenvalue weighted by molar-refractivity contribution is -0.137. The van der Waals surface area contributed by atoms with Crippen molar-refractivity contribution in [2.24, 2.45) is 5.92 Å². The van der Waals surface area contributed by atoms with E-state index in [0.717, 1.165) is 43.4 Å². The third-order valence-corrected chi connectivity index (χ3v) is 4.69. The highest BCUT2D eigenvalue weighted by Crippen LogP contribution is 2.30. The Bertz CT molecular complexity index is 575. The van der Waals surface area contributed by atoms with Crippen LogP contribution in [0.1, 0.15) is 51.0 Å². The predicted octanol–water partition coefficient (Wildman–Crippen LogP) is 5.44. The minimum atomic E-state index is -0.709. The van der Waals surface area contributed by atoms with Crippen LogP contribution in [0.4, 0.5) is 0 Å². The lowest BCUT2D eigenvalue weighted by atomic mass is 10.1. The zero-order valence-corrected chi connectivity index (χ0v) is 16.7. The molecule has 2 unspecified atom stereocenters. The van der Waals surface area contributed by atoms with E-state index >= 15 is 0 Å². The van der Waals surface area contributed by atoms with Gasteiger partial charge in [-0.05, 0) is 68.7 Å². The van der Waals surface area contributed by atoms with Crippen molar-refractivity contribution in [2.45, 2.75) is 57.4 Å². The van der Waals surface area contributed by atoms with Crippen molar-refractivity contribution in [3.05, 3.63) is 40.9 Å². The second-order valence-corrected chi connectivity index (χ2v) is 7.45. The molecule has 0 aromatic heterocycles. The third kappa shape index (κ3) is 10.0. The van der Waals surface area contributed by atoms with Gasteiger partial charge in [0.05, 0.1) is 13.2 Å². The van der Waals surface area contributed by atoms with E-state index in [1.807, 2.05) is 25.1 Å². The zero-order chi connectivity index (χ0) is 19.4. The number of aliphatic hydroxyl groups is 1. The molecule has 6 heteroatoms. The molecular weight excluding hydrogens is 375 g/mol. The highest BCUT2D eigenvalue weighted by atomic mass is 35.5. The number of carboxylic acids is 1. The maximum absolute atomic E-state index is 9.94. The lowest BCUT2D eigenvalue weighted by Gasteiger charge is -2.12. The fourth-order valence-corrected chi connectivity index (χ4v) is 3.34. The summed E-state index contributed by atoms with van der Waals surface area (Å²) in [6, 6.07) is 5.33. The Labute approximate surface area is 165 Å². The number of unbranched alkanes of at least 4 members (excludes halogenated alkanes) is 1. The molecule has 1 saturated carbocycles. The molecule has 0 amide bonds. The van der Waals surface area contributed by atoms with Crippen molar-refractivity contribution in [1.82, 2.24) is 0 Å². The van der Waals surface area contributed by atoms with Crippen LogP contribution in [0.5, 0.6) is 5.75 Å². The molecule has 2 N–H and O–H groups in total. The van der Waals surface area contributed by atoms with Crippen LogP contribution in [0, 0.1) is 5.92 Å². The first-order valence-electron chi connectivity index (χ1n) is 8.94. The van der Waals surface area contributed by atoms with Gasteiger partial charge in [-0.15, -0.1) is 11.6 Å². The highest BCUT2D eigenvalue weighted by molar-refractivity contribution is 6.30. The molecule has 0 radical (unpaired) electrons. The van der Waals surface area contributed by atoms with Crippen molar-refractivity contribution < 1.29 is 19.7 Å². The standard InChI is InChI=1S/C13H16Cl2O2.C7H12O2/c14-11-2-1-9(3-11)8-17-13-5-10(7-16)4-12(15)6-13;1-2-3-4-5-6-7(8)9/h4-6,9,11,16H,1-3,7-8H2;2-3H,4-6H2,1H3,(H,8,9)/b;3-2-. The van der Waals surface area contributed by atoms with Crippen molar-refractivity contribution >= 4 is 29.2 Å². The van der Waals surface area contributed by atoms with E-state index in [1.165, 1.54) is 0 Å². The number of alkyl halides is 1. The van der Waals surface area contributed by atoms with Gasteiger partial charge in [0.2, 0.25) is 0 Å². The molecule has 1 aromatic rings. The van der Waals surface area contributed by atoms with Crippen LogP contribution in [0.15, 0.2) is 30.4 Å². The number of carboxylic acid groups (broad SMARTS) is 1. The summed E-state index contributed by atoms with van der Waals surface area (Å²) in [5.74, 6) is 0.549. The second-order valence-electron chi connectivity index (χ2n) is 6.40. The topological polar surface area (TPSA) is 66.8 Å². The molecular formula is C20H28Cl2O4. The summed E-state index contributed by atoms with van der Waals surface area (Å²) in [5.41, 5.74) is 0.772. The van der Waals surface area contributed by atoms with Gasteiger partial charge in [-0.1, -0.05) is 23.8 Å². The Morgan fingerprint density at radius 2 is 2.12 bits per heavy atom. The molecule has 1 aromatic carbocycles. The van der Waals surface area contributed by atoms with Crippen LogP contribution >= 0.6 is 23.2 Å². The molecule has 0 saturated heterocycles. The van der Waals surface area contributed by atoms with E-state index in [1.54, 1.807) is 12.1 Å². The number of carbonyl (C=O) groups is 1. The van der Waals surface area contributed by atoms with Gasteiger partial charge in [0.15, 0.2) is 0 Å². The SMILES string of the molecule is C/C=C\CCCC(=O)O.OCc1cc(Cl)cc(OCC2CCC(Cl)C2)c1. The summed E-state index contributed by atoms with van der Waals surface area (Å²) in [6.45, 7) is 2.58. The molecule has 0 bridgehead atoms. The van der Waals surface area contributed by atoms with Crippen LogP contribution in [0.3, 0.4) is 0 Å². The van der Waals surface area contributed by atoms with E-state index in [2.05, 4.69) is 0 Å². The third-order valence-electron chi connectivity index (χ3n) is 4.07. The van der Waals surface area contributed by atoms with Gasteiger partial charge in [0, 0.05) is 16.8 Å². The summed E-state index contributed by atoms with van der Waals surface area (Å²) in [6.07, 6.45) is 9.04. The quantitative estimate of drug-likeness (QED) is 0.345. The monoisotopic (exact) mass is 402 g/mol. The van der Waals surface area contributed by atoms with Crippen LogP contribution in [0.2, 0.25) is 5.02 Å². The first kappa shape index (κ1) is 22.8. The Morgan fingerprint density at radius 3 is 2.69 bits per heavy atom. The molecule has 4 nitrogen and oxygen atoms in total. The van der Waals surface area contributed by atoms with Gasteiger partial charge in [-0.25, -0.2) is 0 Å². The minimum Gasteiger partial charge on any atom is -0.493 e. The minimum absolute atomic E-state index is 0.0237. The number of ether oxygens (including phenoxy) is 1. The Kier molecular flexibility index (Phi) is 11.4. The van der Waals surface area contributed by atoms with Crippen LogP contribution < -0.4 is 4.74 Å². The van der Waals surface area contributed by atoms with E-state index in [0.29, 0.717) is 22.9 Å². The number of aliphatic carboxylic acids is 1. The summed E-state index contributed by atoms with van der Waals surface area (Å²) in [4.78, 5) is 9.94. The normalized spacial score (nSPS) is 19.2. The maximum atomic E-state index is 9.94. The number of benzene rings is 1. The number of allylic oxidation sites excluding steroid dienone is 2. The van der Waals surface area contributed by atoms with Gasteiger partial charge >= 0.3 is 5.97 Å². The molecule has 1 fully saturated rings. The molecule has 2 atom stereocenters. The first-order chi connectivity index (χ1) is 12.4. The first-order valence-corrected chi connectivity index (χ1v) is 9.76. The van der Waals surface area contributed by atoms with Crippen molar-refractivity contribution in [2.75, 3.05) is 6.61 Å². The zero-order valence-electron chi connectivity index (χ0n) is 15.2. The highest BCUT2D eigenvalue weighted by Gasteiger charge is 2.23.